The minimum Gasteiger partial charge on any atom is -0.494 e. The van der Waals surface area contributed by atoms with Gasteiger partial charge in [-0.15, -0.1) is 0 Å². The molecular formula is C31H29N5O2. The molecule has 1 atom stereocenters. The highest BCUT2D eigenvalue weighted by atomic mass is 16.5. The predicted octanol–water partition coefficient (Wildman–Crippen LogP) is 6.51. The number of urea groups is 1. The zero-order chi connectivity index (χ0) is 26.1. The van der Waals surface area contributed by atoms with E-state index in [1.54, 1.807) is 0 Å². The van der Waals surface area contributed by atoms with Crippen LogP contribution in [0.5, 0.6) is 5.75 Å². The number of hydrogen-bond donors (Lipinski definition) is 1. The van der Waals surface area contributed by atoms with Gasteiger partial charge < -0.3 is 19.5 Å². The Hall–Kier alpha value is -4.78. The smallest absolute Gasteiger partial charge is 0.322 e. The summed E-state index contributed by atoms with van der Waals surface area (Å²) in [6.07, 6.45) is 2.05. The van der Waals surface area contributed by atoms with Crippen LogP contribution in [0.1, 0.15) is 35.5 Å². The van der Waals surface area contributed by atoms with Gasteiger partial charge in [-0.25, -0.2) is 9.48 Å². The van der Waals surface area contributed by atoms with Crippen molar-refractivity contribution in [2.24, 2.45) is 0 Å². The van der Waals surface area contributed by atoms with Crippen LogP contribution in [0.15, 0.2) is 103 Å². The van der Waals surface area contributed by atoms with E-state index >= 15 is 0 Å². The maximum absolute atomic E-state index is 14.0. The van der Waals surface area contributed by atoms with Gasteiger partial charge in [0.2, 0.25) is 0 Å². The molecule has 5 aromatic rings. The number of nitrogens with zero attached hydrogens (tertiary/aromatic N) is 4. The SMILES string of the molecule is CCOc1cccc([C@@H]2c3cccn3-c3c(c(C)nn3-c3ccccc3)CN2C(=O)Nc2ccccc2)c1. The fourth-order valence-electron chi connectivity index (χ4n) is 5.16. The fourth-order valence-corrected chi connectivity index (χ4v) is 5.16. The van der Waals surface area contributed by atoms with Crippen molar-refractivity contribution in [1.29, 1.82) is 0 Å². The molecule has 1 aliphatic heterocycles. The van der Waals surface area contributed by atoms with Crippen LogP contribution in [0, 0.1) is 6.92 Å². The molecule has 0 saturated heterocycles. The molecule has 7 heteroatoms. The van der Waals surface area contributed by atoms with E-state index in [0.29, 0.717) is 13.2 Å². The lowest BCUT2D eigenvalue weighted by molar-refractivity contribution is 0.194. The zero-order valence-electron chi connectivity index (χ0n) is 21.4. The molecule has 0 bridgehead atoms. The Morgan fingerprint density at radius 1 is 0.974 bits per heavy atom. The van der Waals surface area contributed by atoms with Crippen molar-refractivity contribution in [2.45, 2.75) is 26.4 Å². The number of amides is 2. The summed E-state index contributed by atoms with van der Waals surface area (Å²) in [5.41, 5.74) is 5.53. The molecule has 2 aromatic heterocycles. The summed E-state index contributed by atoms with van der Waals surface area (Å²) in [6.45, 7) is 4.93. The Balaban J connectivity index is 1.54. The standard InChI is InChI=1S/C31H29N5O2/c1-3-38-26-17-10-12-23(20-26)29-28-18-11-19-34(28)30-27(22(2)33-36(30)25-15-8-5-9-16-25)21-35(29)31(37)32-24-13-6-4-7-14-24/h4-20,29H,3,21H2,1-2H3,(H,32,37)/t29-/m1/s1. The van der Waals surface area contributed by atoms with Crippen LogP contribution >= 0.6 is 0 Å². The third-order valence-corrected chi connectivity index (χ3v) is 6.86. The van der Waals surface area contributed by atoms with Gasteiger partial charge in [-0.2, -0.15) is 5.10 Å². The Bertz CT molecular complexity index is 1570. The average molecular weight is 504 g/mol. The van der Waals surface area contributed by atoms with Crippen LogP contribution in [0.25, 0.3) is 11.5 Å². The molecular weight excluding hydrogens is 474 g/mol. The number of aryl methyl sites for hydroxylation is 1. The van der Waals surface area contributed by atoms with Crippen molar-refractivity contribution >= 4 is 11.7 Å². The first-order chi connectivity index (χ1) is 18.6. The monoisotopic (exact) mass is 503 g/mol. The molecule has 0 radical (unpaired) electrons. The second kappa shape index (κ2) is 9.94. The molecule has 0 aliphatic carbocycles. The maximum atomic E-state index is 14.0. The zero-order valence-corrected chi connectivity index (χ0v) is 21.4. The van der Waals surface area contributed by atoms with Crippen molar-refractivity contribution in [2.75, 3.05) is 11.9 Å². The van der Waals surface area contributed by atoms with E-state index in [4.69, 9.17) is 9.84 Å². The van der Waals surface area contributed by atoms with Gasteiger partial charge in [-0.05, 0) is 67.9 Å². The number of rotatable bonds is 5. The summed E-state index contributed by atoms with van der Waals surface area (Å²) >= 11 is 0. The highest BCUT2D eigenvalue weighted by Gasteiger charge is 2.36. The molecule has 1 N–H and O–H groups in total. The minimum atomic E-state index is -0.356. The van der Waals surface area contributed by atoms with Gasteiger partial charge in [-0.3, -0.25) is 0 Å². The van der Waals surface area contributed by atoms with Crippen molar-refractivity contribution in [1.82, 2.24) is 19.2 Å². The number of fused-ring (bicyclic) bond motifs is 3. The molecule has 2 amide bonds. The van der Waals surface area contributed by atoms with Gasteiger partial charge in [0.25, 0.3) is 0 Å². The van der Waals surface area contributed by atoms with E-state index in [1.807, 2.05) is 115 Å². The third kappa shape index (κ3) is 4.22. The van der Waals surface area contributed by atoms with E-state index < -0.39 is 0 Å². The molecule has 7 nitrogen and oxygen atoms in total. The first-order valence-corrected chi connectivity index (χ1v) is 12.8. The summed E-state index contributed by atoms with van der Waals surface area (Å²) in [5, 5.41) is 8.02. The molecule has 0 saturated carbocycles. The molecule has 190 valence electrons. The van der Waals surface area contributed by atoms with Crippen LogP contribution in [-0.2, 0) is 6.54 Å². The second-order valence-electron chi connectivity index (χ2n) is 9.27. The van der Waals surface area contributed by atoms with Gasteiger partial charge in [0.05, 0.1) is 36.3 Å². The van der Waals surface area contributed by atoms with E-state index in [0.717, 1.165) is 45.5 Å². The number of hydrogen-bond acceptors (Lipinski definition) is 3. The van der Waals surface area contributed by atoms with Gasteiger partial charge in [0.15, 0.2) is 0 Å². The normalized spacial score (nSPS) is 14.4. The van der Waals surface area contributed by atoms with Gasteiger partial charge in [-0.1, -0.05) is 48.5 Å². The molecule has 0 spiro atoms. The quantitative estimate of drug-likeness (QED) is 0.297. The van der Waals surface area contributed by atoms with Crippen molar-refractivity contribution in [3.8, 4) is 17.3 Å². The summed E-state index contributed by atoms with van der Waals surface area (Å²) in [6, 6.07) is 31.2. The summed E-state index contributed by atoms with van der Waals surface area (Å²) in [4.78, 5) is 15.9. The number of nitrogens with one attached hydrogen (secondary N) is 1. The van der Waals surface area contributed by atoms with Crippen LogP contribution < -0.4 is 10.1 Å². The Morgan fingerprint density at radius 3 is 2.50 bits per heavy atom. The predicted molar refractivity (Wildman–Crippen MR) is 148 cm³/mol. The number of anilines is 1. The lowest BCUT2D eigenvalue weighted by Gasteiger charge is -2.31. The summed E-state index contributed by atoms with van der Waals surface area (Å²) in [7, 11) is 0. The molecule has 1 aliphatic rings. The van der Waals surface area contributed by atoms with E-state index in [9.17, 15) is 4.79 Å². The minimum absolute atomic E-state index is 0.185. The van der Waals surface area contributed by atoms with Crippen LogP contribution in [0.2, 0.25) is 0 Å². The number of carbonyl (C=O) groups excluding carboxylic acids is 1. The van der Waals surface area contributed by atoms with Gasteiger partial charge in [0, 0.05) is 17.4 Å². The van der Waals surface area contributed by atoms with E-state index in [2.05, 4.69) is 22.0 Å². The highest BCUT2D eigenvalue weighted by molar-refractivity contribution is 5.90. The van der Waals surface area contributed by atoms with E-state index in [-0.39, 0.29) is 12.1 Å². The fraction of sp³-hybridized carbons (Fsp3) is 0.161. The van der Waals surface area contributed by atoms with Crippen LogP contribution in [0.3, 0.4) is 0 Å². The van der Waals surface area contributed by atoms with E-state index in [1.165, 1.54) is 0 Å². The van der Waals surface area contributed by atoms with Gasteiger partial charge in [0.1, 0.15) is 11.6 Å². The largest absolute Gasteiger partial charge is 0.494 e. The van der Waals surface area contributed by atoms with Crippen molar-refractivity contribution < 1.29 is 9.53 Å². The number of para-hydroxylation sites is 2. The number of carbonyl (C=O) groups is 1. The number of benzene rings is 3. The molecule has 3 heterocycles. The first kappa shape index (κ1) is 23.6. The first-order valence-electron chi connectivity index (χ1n) is 12.8. The molecule has 3 aromatic carbocycles. The molecule has 38 heavy (non-hydrogen) atoms. The highest BCUT2D eigenvalue weighted by Crippen LogP contribution is 2.39. The lowest BCUT2D eigenvalue weighted by Crippen LogP contribution is -2.38. The number of ether oxygens (including phenoxy) is 1. The van der Waals surface area contributed by atoms with Crippen LogP contribution in [0.4, 0.5) is 10.5 Å². The van der Waals surface area contributed by atoms with Crippen molar-refractivity contribution in [3.63, 3.8) is 0 Å². The lowest BCUT2D eigenvalue weighted by atomic mass is 10.0. The van der Waals surface area contributed by atoms with Crippen molar-refractivity contribution in [3.05, 3.63) is 126 Å². The topological polar surface area (TPSA) is 64.3 Å². The summed E-state index contributed by atoms with van der Waals surface area (Å²) < 4.78 is 9.97. The summed E-state index contributed by atoms with van der Waals surface area (Å²) in [5.74, 6) is 1.72. The second-order valence-corrected chi connectivity index (χ2v) is 9.27. The Morgan fingerprint density at radius 2 is 1.74 bits per heavy atom. The maximum Gasteiger partial charge on any atom is 0.322 e. The van der Waals surface area contributed by atoms with Crippen LogP contribution in [-0.4, -0.2) is 31.9 Å². The average Bonchev–Trinajstić information content (AvgIpc) is 3.50. The molecule has 0 unspecified atom stereocenters. The Kier molecular flexibility index (Phi) is 6.17. The number of aromatic nitrogens is 3. The Labute approximate surface area is 221 Å². The third-order valence-electron chi connectivity index (χ3n) is 6.86. The molecule has 6 rings (SSSR count). The molecule has 0 fully saturated rings. The van der Waals surface area contributed by atoms with Gasteiger partial charge >= 0.3 is 6.03 Å².